The minimum atomic E-state index is -0.503. The summed E-state index contributed by atoms with van der Waals surface area (Å²) >= 11 is 0. The first-order valence-electron chi connectivity index (χ1n) is 8.94. The van der Waals surface area contributed by atoms with Gasteiger partial charge >= 0.3 is 0 Å². The van der Waals surface area contributed by atoms with Crippen LogP contribution in [0, 0.1) is 0 Å². The van der Waals surface area contributed by atoms with Crippen molar-refractivity contribution in [3.8, 4) is 0 Å². The van der Waals surface area contributed by atoms with Crippen molar-refractivity contribution in [2.45, 2.75) is 25.3 Å². The predicted octanol–water partition coefficient (Wildman–Crippen LogP) is 2.67. The van der Waals surface area contributed by atoms with Crippen LogP contribution in [-0.4, -0.2) is 33.8 Å². The van der Waals surface area contributed by atoms with E-state index < -0.39 is 5.91 Å². The zero-order valence-corrected chi connectivity index (χ0v) is 14.5. The highest BCUT2D eigenvalue weighted by Crippen LogP contribution is 2.31. The highest BCUT2D eigenvalue weighted by molar-refractivity contribution is 5.93. The lowest BCUT2D eigenvalue weighted by molar-refractivity contribution is 0.0706. The zero-order valence-electron chi connectivity index (χ0n) is 14.5. The molecular formula is C20H22N4O2. The molecule has 134 valence electrons. The van der Waals surface area contributed by atoms with Crippen molar-refractivity contribution in [2.24, 2.45) is 0 Å². The maximum Gasteiger partial charge on any atom is 0.274 e. The first kappa shape index (κ1) is 16.8. The Balaban J connectivity index is 1.60. The molecule has 0 atom stereocenters. The second kappa shape index (κ2) is 7.27. The van der Waals surface area contributed by atoms with E-state index in [1.165, 1.54) is 23.8 Å². The van der Waals surface area contributed by atoms with Crippen molar-refractivity contribution >= 4 is 16.9 Å². The third kappa shape index (κ3) is 3.21. The van der Waals surface area contributed by atoms with Crippen LogP contribution in [0.15, 0.2) is 48.8 Å². The van der Waals surface area contributed by atoms with E-state index in [4.69, 9.17) is 5.21 Å². The molecule has 0 bridgehead atoms. The number of carbonyl (C=O) groups is 1. The molecular weight excluding hydrogens is 328 g/mol. The van der Waals surface area contributed by atoms with E-state index in [2.05, 4.69) is 33.2 Å². The summed E-state index contributed by atoms with van der Waals surface area (Å²) in [4.78, 5) is 16.0. The van der Waals surface area contributed by atoms with Gasteiger partial charge in [0.2, 0.25) is 0 Å². The quantitative estimate of drug-likeness (QED) is 0.499. The fraction of sp³-hybridized carbons (Fsp3) is 0.300. The molecule has 1 amide bonds. The summed E-state index contributed by atoms with van der Waals surface area (Å²) in [6, 6.07) is 11.5. The number of fused-ring (bicyclic) bond motifs is 1. The van der Waals surface area contributed by atoms with Crippen LogP contribution in [0.2, 0.25) is 0 Å². The average Bonchev–Trinajstić information content (AvgIpc) is 3.11. The number of benzene rings is 1. The summed E-state index contributed by atoms with van der Waals surface area (Å²) in [5.74, 6) is 0.0881. The molecule has 0 aliphatic carbocycles. The van der Waals surface area contributed by atoms with Gasteiger partial charge < -0.3 is 9.88 Å². The van der Waals surface area contributed by atoms with Gasteiger partial charge in [0.25, 0.3) is 5.91 Å². The Morgan fingerprint density at radius 3 is 2.69 bits per heavy atom. The first-order valence-corrected chi connectivity index (χ1v) is 8.94. The van der Waals surface area contributed by atoms with Crippen LogP contribution in [0.5, 0.6) is 0 Å². The first-order chi connectivity index (χ1) is 12.8. The maximum absolute atomic E-state index is 11.4. The Hall–Kier alpha value is -2.70. The second-order valence-electron chi connectivity index (χ2n) is 6.74. The molecule has 1 fully saturated rings. The largest absolute Gasteiger partial charge is 0.328 e. The van der Waals surface area contributed by atoms with Gasteiger partial charge in [-0.1, -0.05) is 12.1 Å². The van der Waals surface area contributed by atoms with Crippen LogP contribution in [0.4, 0.5) is 0 Å². The van der Waals surface area contributed by atoms with Crippen molar-refractivity contribution < 1.29 is 10.0 Å². The monoisotopic (exact) mass is 350 g/mol. The highest BCUT2D eigenvalue weighted by atomic mass is 16.5. The molecule has 2 aromatic heterocycles. The van der Waals surface area contributed by atoms with Crippen molar-refractivity contribution in [1.29, 1.82) is 0 Å². The summed E-state index contributed by atoms with van der Waals surface area (Å²) in [5, 5.41) is 13.4. The van der Waals surface area contributed by atoms with E-state index in [1.807, 2.05) is 18.3 Å². The molecule has 3 heterocycles. The molecule has 1 saturated heterocycles. The van der Waals surface area contributed by atoms with Gasteiger partial charge in [0.05, 0.1) is 0 Å². The molecule has 1 aliphatic rings. The summed E-state index contributed by atoms with van der Waals surface area (Å²) in [7, 11) is 0. The zero-order chi connectivity index (χ0) is 17.9. The standard InChI is InChI=1S/C20H22N4O2/c25-20(23-26)16-3-1-14(2-4-16)13-24-12-8-18-17(7-11-22-19(18)24)15-5-9-21-10-6-15/h1-4,7-8,11-12,15,21,26H,5-6,9-10,13H2,(H,23,25). The van der Waals surface area contributed by atoms with E-state index in [1.54, 1.807) is 17.6 Å². The van der Waals surface area contributed by atoms with Crippen LogP contribution in [0.25, 0.3) is 11.0 Å². The van der Waals surface area contributed by atoms with Crippen LogP contribution in [-0.2, 0) is 6.54 Å². The van der Waals surface area contributed by atoms with Crippen molar-refractivity contribution in [1.82, 2.24) is 20.3 Å². The maximum atomic E-state index is 11.4. The summed E-state index contributed by atoms with van der Waals surface area (Å²) in [6.07, 6.45) is 6.32. The van der Waals surface area contributed by atoms with E-state index in [0.717, 1.165) is 24.3 Å². The van der Waals surface area contributed by atoms with Gasteiger partial charge in [0, 0.05) is 29.9 Å². The molecule has 26 heavy (non-hydrogen) atoms. The third-order valence-electron chi connectivity index (χ3n) is 5.15. The van der Waals surface area contributed by atoms with Gasteiger partial charge in [0.1, 0.15) is 5.65 Å². The summed E-state index contributed by atoms with van der Waals surface area (Å²) in [6.45, 7) is 2.83. The third-order valence-corrected chi connectivity index (χ3v) is 5.15. The number of rotatable bonds is 4. The fourth-order valence-electron chi connectivity index (χ4n) is 3.75. The number of carbonyl (C=O) groups excluding carboxylic acids is 1. The van der Waals surface area contributed by atoms with Crippen LogP contribution >= 0.6 is 0 Å². The number of hydrogen-bond acceptors (Lipinski definition) is 4. The molecule has 3 N–H and O–H groups in total. The number of piperidine rings is 1. The van der Waals surface area contributed by atoms with Gasteiger partial charge in [-0.3, -0.25) is 10.0 Å². The molecule has 1 aliphatic heterocycles. The molecule has 3 aromatic rings. The molecule has 0 unspecified atom stereocenters. The topological polar surface area (TPSA) is 79.2 Å². The number of amides is 1. The average molecular weight is 350 g/mol. The molecule has 6 nitrogen and oxygen atoms in total. The number of pyridine rings is 1. The number of hydroxylamine groups is 1. The van der Waals surface area contributed by atoms with Gasteiger partial charge in [-0.2, -0.15) is 0 Å². The van der Waals surface area contributed by atoms with E-state index in [-0.39, 0.29) is 0 Å². The highest BCUT2D eigenvalue weighted by Gasteiger charge is 2.18. The smallest absolute Gasteiger partial charge is 0.274 e. The molecule has 6 heteroatoms. The number of nitrogens with one attached hydrogen (secondary N) is 2. The van der Waals surface area contributed by atoms with Gasteiger partial charge in [0.15, 0.2) is 0 Å². The van der Waals surface area contributed by atoms with E-state index >= 15 is 0 Å². The lowest BCUT2D eigenvalue weighted by atomic mass is 9.89. The second-order valence-corrected chi connectivity index (χ2v) is 6.74. The normalized spacial score (nSPS) is 15.3. The fourth-order valence-corrected chi connectivity index (χ4v) is 3.75. The van der Waals surface area contributed by atoms with Crippen molar-refractivity contribution in [2.75, 3.05) is 13.1 Å². The van der Waals surface area contributed by atoms with Crippen LogP contribution in [0.1, 0.15) is 40.2 Å². The van der Waals surface area contributed by atoms with Crippen LogP contribution < -0.4 is 10.8 Å². The lowest BCUT2D eigenvalue weighted by Gasteiger charge is -2.23. The minimum absolute atomic E-state index is 0.430. The molecule has 4 rings (SSSR count). The molecule has 1 aromatic carbocycles. The van der Waals surface area contributed by atoms with Gasteiger partial charge in [-0.25, -0.2) is 10.5 Å². The Morgan fingerprint density at radius 1 is 1.19 bits per heavy atom. The summed E-state index contributed by atoms with van der Waals surface area (Å²) < 4.78 is 2.14. The number of nitrogens with zero attached hydrogens (tertiary/aromatic N) is 2. The van der Waals surface area contributed by atoms with Crippen molar-refractivity contribution in [3.63, 3.8) is 0 Å². The van der Waals surface area contributed by atoms with E-state index in [0.29, 0.717) is 18.0 Å². The minimum Gasteiger partial charge on any atom is -0.328 e. The molecule has 0 radical (unpaired) electrons. The molecule has 0 saturated carbocycles. The van der Waals surface area contributed by atoms with Gasteiger partial charge in [-0.05, 0) is 67.2 Å². The predicted molar refractivity (Wildman–Crippen MR) is 99.4 cm³/mol. The van der Waals surface area contributed by atoms with Gasteiger partial charge in [-0.15, -0.1) is 0 Å². The lowest BCUT2D eigenvalue weighted by Crippen LogP contribution is -2.26. The Bertz CT molecular complexity index is 911. The van der Waals surface area contributed by atoms with Crippen molar-refractivity contribution in [3.05, 3.63) is 65.5 Å². The SMILES string of the molecule is O=C(NO)c1ccc(Cn2ccc3c(C4CCNCC4)ccnc32)cc1. The van der Waals surface area contributed by atoms with Crippen LogP contribution in [0.3, 0.4) is 0 Å². The van der Waals surface area contributed by atoms with E-state index in [9.17, 15) is 4.79 Å². The number of hydrogen-bond donors (Lipinski definition) is 3. The summed E-state index contributed by atoms with van der Waals surface area (Å²) in [5.41, 5.74) is 5.55. The Morgan fingerprint density at radius 2 is 1.96 bits per heavy atom. The molecule has 0 spiro atoms. The Kier molecular flexibility index (Phi) is 4.69. The number of aromatic nitrogens is 2. The Labute approximate surface area is 151 Å².